The van der Waals surface area contributed by atoms with Crippen LogP contribution in [-0.4, -0.2) is 37.6 Å². The fourth-order valence-electron chi connectivity index (χ4n) is 4.00. The van der Waals surface area contributed by atoms with Crippen LogP contribution in [-0.2, 0) is 10.2 Å². The first kappa shape index (κ1) is 19.6. The molecule has 0 saturated carbocycles. The highest BCUT2D eigenvalue weighted by Crippen LogP contribution is 2.40. The van der Waals surface area contributed by atoms with Crippen LogP contribution in [0.25, 0.3) is 0 Å². The molecule has 0 radical (unpaired) electrons. The molecule has 0 atom stereocenters. The summed E-state index contributed by atoms with van der Waals surface area (Å²) < 4.78 is 16.6. The second-order valence-electron chi connectivity index (χ2n) is 8.07. The molecule has 4 rings (SSSR count). The molecule has 2 N–H and O–H groups in total. The van der Waals surface area contributed by atoms with Crippen LogP contribution in [0.15, 0.2) is 36.4 Å². The predicted molar refractivity (Wildman–Crippen MR) is 109 cm³/mol. The molecule has 0 bridgehead atoms. The monoisotopic (exact) mass is 397 g/mol. The Bertz CT molecular complexity index is 902. The second kappa shape index (κ2) is 7.95. The van der Waals surface area contributed by atoms with Crippen LogP contribution in [0, 0.1) is 0 Å². The fourth-order valence-corrected chi connectivity index (χ4v) is 4.00. The van der Waals surface area contributed by atoms with E-state index in [1.807, 2.05) is 24.3 Å². The Hall–Kier alpha value is -2.73. The molecule has 1 saturated heterocycles. The van der Waals surface area contributed by atoms with Gasteiger partial charge < -0.3 is 24.6 Å². The first-order chi connectivity index (χ1) is 14.0. The van der Waals surface area contributed by atoms with Crippen LogP contribution in [0.5, 0.6) is 17.2 Å². The zero-order valence-corrected chi connectivity index (χ0v) is 16.9. The average Bonchev–Trinajstić information content (AvgIpc) is 3.21. The molecule has 2 aliphatic rings. The van der Waals surface area contributed by atoms with E-state index in [-0.39, 0.29) is 29.8 Å². The Morgan fingerprint density at radius 1 is 1.10 bits per heavy atom. The van der Waals surface area contributed by atoms with Gasteiger partial charge >= 0.3 is 0 Å². The lowest BCUT2D eigenvalue weighted by Gasteiger charge is -2.38. The number of phenols is 1. The van der Waals surface area contributed by atoms with E-state index in [2.05, 4.69) is 19.2 Å². The van der Waals surface area contributed by atoms with Crippen LogP contribution >= 0.6 is 0 Å². The maximum Gasteiger partial charge on any atom is 0.255 e. The van der Waals surface area contributed by atoms with Crippen molar-refractivity contribution in [2.45, 2.75) is 38.0 Å². The van der Waals surface area contributed by atoms with Crippen LogP contribution < -0.4 is 14.8 Å². The lowest BCUT2D eigenvalue weighted by molar-refractivity contribution is 0.0486. The van der Waals surface area contributed by atoms with Crippen molar-refractivity contribution >= 4 is 5.91 Å². The van der Waals surface area contributed by atoms with Crippen LogP contribution in [0.4, 0.5) is 0 Å². The summed E-state index contributed by atoms with van der Waals surface area (Å²) in [6.45, 7) is 6.09. The van der Waals surface area contributed by atoms with E-state index in [9.17, 15) is 9.90 Å². The van der Waals surface area contributed by atoms with E-state index in [0.29, 0.717) is 25.3 Å². The fraction of sp³-hybridized carbons (Fsp3) is 0.435. The van der Waals surface area contributed by atoms with Crippen molar-refractivity contribution < 1.29 is 24.1 Å². The standard InChI is InChI=1S/C23H27NO5/c1-15(2)16-3-5-19(25)18(11-16)22(26)24-13-23(7-9-27-10-8-23)17-4-6-20-21(12-17)29-14-28-20/h3-6,11-12,15,25H,7-10,13-14H2,1-2H3,(H,24,26). The molecule has 0 aliphatic carbocycles. The van der Waals surface area contributed by atoms with Gasteiger partial charge in [-0.15, -0.1) is 0 Å². The van der Waals surface area contributed by atoms with Gasteiger partial charge in [0.15, 0.2) is 11.5 Å². The number of phenolic OH excluding ortho intramolecular Hbond substituents is 1. The highest BCUT2D eigenvalue weighted by molar-refractivity contribution is 5.97. The van der Waals surface area contributed by atoms with Gasteiger partial charge in [-0.3, -0.25) is 4.79 Å². The maximum atomic E-state index is 12.9. The van der Waals surface area contributed by atoms with Gasteiger partial charge in [-0.2, -0.15) is 0 Å². The van der Waals surface area contributed by atoms with Crippen LogP contribution in [0.3, 0.4) is 0 Å². The largest absolute Gasteiger partial charge is 0.507 e. The minimum absolute atomic E-state index is 0.00370. The molecule has 154 valence electrons. The molecule has 0 spiro atoms. The number of hydrogen-bond acceptors (Lipinski definition) is 5. The Kier molecular flexibility index (Phi) is 5.37. The summed E-state index contributed by atoms with van der Waals surface area (Å²) in [5, 5.41) is 13.3. The van der Waals surface area contributed by atoms with Crippen molar-refractivity contribution in [2.75, 3.05) is 26.6 Å². The first-order valence-corrected chi connectivity index (χ1v) is 10.1. The number of nitrogens with one attached hydrogen (secondary N) is 1. The van der Waals surface area contributed by atoms with E-state index < -0.39 is 0 Å². The molecule has 1 fully saturated rings. The van der Waals surface area contributed by atoms with Gasteiger partial charge in [0.2, 0.25) is 6.79 Å². The molecule has 29 heavy (non-hydrogen) atoms. The zero-order valence-electron chi connectivity index (χ0n) is 16.9. The third-order valence-corrected chi connectivity index (χ3v) is 5.95. The maximum absolute atomic E-state index is 12.9. The van der Waals surface area contributed by atoms with Crippen molar-refractivity contribution in [3.05, 3.63) is 53.1 Å². The van der Waals surface area contributed by atoms with Gasteiger partial charge in [0, 0.05) is 25.2 Å². The molecule has 2 aromatic carbocycles. The molecule has 2 aromatic rings. The highest BCUT2D eigenvalue weighted by Gasteiger charge is 2.36. The number of hydrogen-bond donors (Lipinski definition) is 2. The van der Waals surface area contributed by atoms with Crippen LogP contribution in [0.2, 0.25) is 0 Å². The molecular weight excluding hydrogens is 370 g/mol. The van der Waals surface area contributed by atoms with Gasteiger partial charge in [-0.25, -0.2) is 0 Å². The van der Waals surface area contributed by atoms with E-state index >= 15 is 0 Å². The molecule has 0 unspecified atom stereocenters. The summed E-state index contributed by atoms with van der Waals surface area (Å²) in [7, 11) is 0. The average molecular weight is 397 g/mol. The molecular formula is C23H27NO5. The number of benzene rings is 2. The number of ether oxygens (including phenoxy) is 3. The smallest absolute Gasteiger partial charge is 0.255 e. The number of carbonyl (C=O) groups is 1. The molecule has 0 aromatic heterocycles. The highest BCUT2D eigenvalue weighted by atomic mass is 16.7. The van der Waals surface area contributed by atoms with Gasteiger partial charge in [-0.05, 0) is 54.2 Å². The van der Waals surface area contributed by atoms with Crippen molar-refractivity contribution in [3.63, 3.8) is 0 Å². The van der Waals surface area contributed by atoms with Crippen molar-refractivity contribution in [2.24, 2.45) is 0 Å². The molecule has 1 amide bonds. The Labute approximate surface area is 170 Å². The number of aromatic hydroxyl groups is 1. The van der Waals surface area contributed by atoms with E-state index in [1.165, 1.54) is 0 Å². The van der Waals surface area contributed by atoms with E-state index in [0.717, 1.165) is 35.5 Å². The normalized spacial score (nSPS) is 17.3. The first-order valence-electron chi connectivity index (χ1n) is 10.1. The molecule has 6 nitrogen and oxygen atoms in total. The van der Waals surface area contributed by atoms with Gasteiger partial charge in [0.25, 0.3) is 5.91 Å². The summed E-state index contributed by atoms with van der Waals surface area (Å²) in [6, 6.07) is 11.2. The summed E-state index contributed by atoms with van der Waals surface area (Å²) in [4.78, 5) is 12.9. The lowest BCUT2D eigenvalue weighted by atomic mass is 9.74. The SMILES string of the molecule is CC(C)c1ccc(O)c(C(=O)NCC2(c3ccc4c(c3)OCO4)CCOCC2)c1. The van der Waals surface area contributed by atoms with Gasteiger partial charge in [-0.1, -0.05) is 26.0 Å². The van der Waals surface area contributed by atoms with E-state index in [4.69, 9.17) is 14.2 Å². The Morgan fingerprint density at radius 2 is 1.86 bits per heavy atom. The predicted octanol–water partition coefficient (Wildman–Crippen LogP) is 3.72. The summed E-state index contributed by atoms with van der Waals surface area (Å²) in [6.07, 6.45) is 1.59. The van der Waals surface area contributed by atoms with E-state index in [1.54, 1.807) is 12.1 Å². The summed E-state index contributed by atoms with van der Waals surface area (Å²) in [5.41, 5.74) is 2.18. The third-order valence-electron chi connectivity index (χ3n) is 5.95. The van der Waals surface area contributed by atoms with Crippen molar-refractivity contribution in [1.29, 1.82) is 0 Å². The number of fused-ring (bicyclic) bond motifs is 1. The van der Waals surface area contributed by atoms with Crippen molar-refractivity contribution in [3.8, 4) is 17.2 Å². The molecule has 2 aliphatic heterocycles. The number of carbonyl (C=O) groups excluding carboxylic acids is 1. The number of amides is 1. The zero-order chi connectivity index (χ0) is 20.4. The number of rotatable bonds is 5. The van der Waals surface area contributed by atoms with Gasteiger partial charge in [0.1, 0.15) is 5.75 Å². The second-order valence-corrected chi connectivity index (χ2v) is 8.07. The molecule has 2 heterocycles. The molecule has 6 heteroatoms. The topological polar surface area (TPSA) is 77.0 Å². The minimum atomic E-state index is -0.267. The van der Waals surface area contributed by atoms with Gasteiger partial charge in [0.05, 0.1) is 5.56 Å². The summed E-state index contributed by atoms with van der Waals surface area (Å²) >= 11 is 0. The van der Waals surface area contributed by atoms with Crippen molar-refractivity contribution in [1.82, 2.24) is 5.32 Å². The minimum Gasteiger partial charge on any atom is -0.507 e. The quantitative estimate of drug-likeness (QED) is 0.804. The Balaban J connectivity index is 1.57. The van der Waals surface area contributed by atoms with Crippen LogP contribution in [0.1, 0.15) is 54.1 Å². The summed E-state index contributed by atoms with van der Waals surface area (Å²) in [5.74, 6) is 1.49. The third kappa shape index (κ3) is 3.90. The lowest BCUT2D eigenvalue weighted by Crippen LogP contribution is -2.44. The Morgan fingerprint density at radius 3 is 2.62 bits per heavy atom.